The van der Waals surface area contributed by atoms with Crippen LogP contribution in [0.25, 0.3) is 0 Å². The maximum absolute atomic E-state index is 13.0. The first-order valence-electron chi connectivity index (χ1n) is 10.2. The van der Waals surface area contributed by atoms with E-state index in [-0.39, 0.29) is 18.4 Å². The molecule has 6 heteroatoms. The van der Waals surface area contributed by atoms with Gasteiger partial charge in [0.15, 0.2) is 0 Å². The van der Waals surface area contributed by atoms with E-state index in [0.29, 0.717) is 19.5 Å². The van der Waals surface area contributed by atoms with Crippen molar-refractivity contribution in [3.63, 3.8) is 0 Å². The lowest BCUT2D eigenvalue weighted by Gasteiger charge is -2.37. The molecule has 2 aliphatic rings. The number of benzene rings is 2. The molecule has 6 nitrogen and oxygen atoms in total. The van der Waals surface area contributed by atoms with Gasteiger partial charge in [-0.2, -0.15) is 0 Å². The Morgan fingerprint density at radius 1 is 0.966 bits per heavy atom. The second-order valence-corrected chi connectivity index (χ2v) is 7.53. The number of hydrogen-bond acceptors (Lipinski definition) is 4. The highest BCUT2D eigenvalue weighted by molar-refractivity contribution is 5.99. The van der Waals surface area contributed by atoms with Crippen molar-refractivity contribution in [1.82, 2.24) is 4.90 Å². The average Bonchev–Trinajstić information content (AvgIpc) is 2.93. The standard InChI is InChI=1S/C23H27N3O3/c1-29-20-11-9-19(10-12-20)24-13-15-25(16-14-24)23(28)17-26-21-7-3-2-5-18(21)6-4-8-22(26)27/h2-3,5,7,9-12H,4,6,8,13-17H2,1H3. The van der Waals surface area contributed by atoms with Crippen LogP contribution >= 0.6 is 0 Å². The Kier molecular flexibility index (Phi) is 5.69. The summed E-state index contributed by atoms with van der Waals surface area (Å²) in [6.45, 7) is 3.01. The summed E-state index contributed by atoms with van der Waals surface area (Å²) < 4.78 is 5.22. The van der Waals surface area contributed by atoms with Crippen molar-refractivity contribution in [2.75, 3.05) is 49.6 Å². The molecule has 0 radical (unpaired) electrons. The lowest BCUT2D eigenvalue weighted by molar-refractivity contribution is -0.131. The molecule has 152 valence electrons. The van der Waals surface area contributed by atoms with Crippen molar-refractivity contribution >= 4 is 23.2 Å². The van der Waals surface area contributed by atoms with E-state index in [2.05, 4.69) is 11.0 Å². The van der Waals surface area contributed by atoms with Crippen molar-refractivity contribution in [2.45, 2.75) is 19.3 Å². The summed E-state index contributed by atoms with van der Waals surface area (Å²) in [5.74, 6) is 0.898. The minimum atomic E-state index is 0.0180. The van der Waals surface area contributed by atoms with Crippen molar-refractivity contribution in [3.05, 3.63) is 54.1 Å². The van der Waals surface area contributed by atoms with E-state index in [1.165, 1.54) is 0 Å². The molecule has 29 heavy (non-hydrogen) atoms. The van der Waals surface area contributed by atoms with Crippen LogP contribution in [-0.4, -0.2) is 56.5 Å². The van der Waals surface area contributed by atoms with Crippen molar-refractivity contribution < 1.29 is 14.3 Å². The summed E-state index contributed by atoms with van der Waals surface area (Å²) in [5, 5.41) is 0. The number of carbonyl (C=O) groups is 2. The lowest BCUT2D eigenvalue weighted by atomic mass is 10.1. The number of ether oxygens (including phenoxy) is 1. The number of fused-ring (bicyclic) bond motifs is 1. The number of anilines is 2. The fourth-order valence-corrected chi connectivity index (χ4v) is 4.10. The van der Waals surface area contributed by atoms with Crippen LogP contribution < -0.4 is 14.5 Å². The molecular weight excluding hydrogens is 366 g/mol. The van der Waals surface area contributed by atoms with Gasteiger partial charge in [0.2, 0.25) is 11.8 Å². The molecule has 2 aromatic rings. The van der Waals surface area contributed by atoms with Gasteiger partial charge in [0.1, 0.15) is 12.3 Å². The Morgan fingerprint density at radius 2 is 1.69 bits per heavy atom. The highest BCUT2D eigenvalue weighted by atomic mass is 16.5. The predicted molar refractivity (Wildman–Crippen MR) is 114 cm³/mol. The Bertz CT molecular complexity index is 873. The predicted octanol–water partition coefficient (Wildman–Crippen LogP) is 2.71. The second-order valence-electron chi connectivity index (χ2n) is 7.53. The topological polar surface area (TPSA) is 53.1 Å². The van der Waals surface area contributed by atoms with Gasteiger partial charge in [-0.15, -0.1) is 0 Å². The smallest absolute Gasteiger partial charge is 0.242 e. The average molecular weight is 393 g/mol. The lowest BCUT2D eigenvalue weighted by Crippen LogP contribution is -2.52. The molecular formula is C23H27N3O3. The highest BCUT2D eigenvalue weighted by Gasteiger charge is 2.28. The summed E-state index contributed by atoms with van der Waals surface area (Å²) in [6.07, 6.45) is 2.21. The summed E-state index contributed by atoms with van der Waals surface area (Å²) in [7, 11) is 1.66. The maximum Gasteiger partial charge on any atom is 0.242 e. The van der Waals surface area contributed by atoms with E-state index in [1.807, 2.05) is 47.4 Å². The molecule has 2 aromatic carbocycles. The Labute approximate surface area is 171 Å². The summed E-state index contributed by atoms with van der Waals surface area (Å²) in [5.41, 5.74) is 3.17. The quantitative estimate of drug-likeness (QED) is 0.802. The van der Waals surface area contributed by atoms with Gasteiger partial charge < -0.3 is 19.4 Å². The zero-order valence-corrected chi connectivity index (χ0v) is 16.8. The van der Waals surface area contributed by atoms with E-state index in [0.717, 1.165) is 48.6 Å². The molecule has 0 spiro atoms. The van der Waals surface area contributed by atoms with E-state index in [4.69, 9.17) is 4.74 Å². The van der Waals surface area contributed by atoms with E-state index >= 15 is 0 Å². The highest BCUT2D eigenvalue weighted by Crippen LogP contribution is 2.27. The Balaban J connectivity index is 1.39. The number of para-hydroxylation sites is 1. The summed E-state index contributed by atoms with van der Waals surface area (Å²) in [6, 6.07) is 15.9. The van der Waals surface area contributed by atoms with Crippen molar-refractivity contribution in [2.24, 2.45) is 0 Å². The van der Waals surface area contributed by atoms with E-state index < -0.39 is 0 Å². The van der Waals surface area contributed by atoms with Gasteiger partial charge in [-0.05, 0) is 48.7 Å². The molecule has 0 unspecified atom stereocenters. The molecule has 1 saturated heterocycles. The summed E-state index contributed by atoms with van der Waals surface area (Å²) in [4.78, 5) is 31.4. The van der Waals surface area contributed by atoms with Crippen LogP contribution in [0, 0.1) is 0 Å². The van der Waals surface area contributed by atoms with Gasteiger partial charge in [0, 0.05) is 44.0 Å². The molecule has 0 N–H and O–H groups in total. The first kappa shape index (κ1) is 19.3. The number of aryl methyl sites for hydroxylation is 1. The van der Waals surface area contributed by atoms with Crippen LogP contribution in [0.15, 0.2) is 48.5 Å². The molecule has 2 aliphatic heterocycles. The molecule has 0 atom stereocenters. The number of hydrogen-bond donors (Lipinski definition) is 0. The first-order valence-corrected chi connectivity index (χ1v) is 10.2. The minimum absolute atomic E-state index is 0.0180. The molecule has 0 aromatic heterocycles. The fourth-order valence-electron chi connectivity index (χ4n) is 4.10. The van der Waals surface area contributed by atoms with Gasteiger partial charge in [-0.3, -0.25) is 9.59 Å². The molecule has 0 aliphatic carbocycles. The monoisotopic (exact) mass is 393 g/mol. The van der Waals surface area contributed by atoms with Crippen LogP contribution in [0.4, 0.5) is 11.4 Å². The van der Waals surface area contributed by atoms with Crippen LogP contribution in [0.5, 0.6) is 5.75 Å². The van der Waals surface area contributed by atoms with Crippen LogP contribution in [0.3, 0.4) is 0 Å². The molecule has 4 rings (SSSR count). The van der Waals surface area contributed by atoms with Gasteiger partial charge in [-0.25, -0.2) is 0 Å². The number of rotatable bonds is 4. The largest absolute Gasteiger partial charge is 0.497 e. The van der Waals surface area contributed by atoms with Crippen LogP contribution in [-0.2, 0) is 16.0 Å². The first-order chi connectivity index (χ1) is 14.2. The number of piperazine rings is 1. The summed E-state index contributed by atoms with van der Waals surface area (Å²) >= 11 is 0. The molecule has 1 fully saturated rings. The van der Waals surface area contributed by atoms with Crippen LogP contribution in [0.1, 0.15) is 18.4 Å². The Morgan fingerprint density at radius 3 is 2.41 bits per heavy atom. The van der Waals surface area contributed by atoms with Gasteiger partial charge >= 0.3 is 0 Å². The zero-order chi connectivity index (χ0) is 20.2. The fraction of sp³-hybridized carbons (Fsp3) is 0.391. The van der Waals surface area contributed by atoms with E-state index in [9.17, 15) is 9.59 Å². The van der Waals surface area contributed by atoms with Crippen molar-refractivity contribution in [1.29, 1.82) is 0 Å². The molecule has 0 saturated carbocycles. The second kappa shape index (κ2) is 8.55. The Hall–Kier alpha value is -3.02. The number of methoxy groups -OCH3 is 1. The zero-order valence-electron chi connectivity index (χ0n) is 16.8. The number of nitrogens with zero attached hydrogens (tertiary/aromatic N) is 3. The number of amides is 2. The number of carbonyl (C=O) groups excluding carboxylic acids is 2. The maximum atomic E-state index is 13.0. The van der Waals surface area contributed by atoms with Crippen molar-refractivity contribution in [3.8, 4) is 5.75 Å². The van der Waals surface area contributed by atoms with Gasteiger partial charge in [0.05, 0.1) is 7.11 Å². The SMILES string of the molecule is COc1ccc(N2CCN(C(=O)CN3C(=O)CCCc4ccccc43)CC2)cc1. The molecule has 0 bridgehead atoms. The minimum Gasteiger partial charge on any atom is -0.497 e. The third kappa shape index (κ3) is 4.21. The van der Waals surface area contributed by atoms with E-state index in [1.54, 1.807) is 12.0 Å². The van der Waals surface area contributed by atoms with Gasteiger partial charge in [0.25, 0.3) is 0 Å². The third-order valence-corrected chi connectivity index (χ3v) is 5.78. The third-order valence-electron chi connectivity index (χ3n) is 5.78. The van der Waals surface area contributed by atoms with Crippen LogP contribution in [0.2, 0.25) is 0 Å². The normalized spacial score (nSPS) is 17.0. The molecule has 2 amide bonds. The van der Waals surface area contributed by atoms with Gasteiger partial charge in [-0.1, -0.05) is 18.2 Å². The molecule has 2 heterocycles.